The zero-order valence-corrected chi connectivity index (χ0v) is 10.0. The summed E-state index contributed by atoms with van der Waals surface area (Å²) in [4.78, 5) is 0. The van der Waals surface area contributed by atoms with Crippen LogP contribution in [0.5, 0.6) is 0 Å². The highest BCUT2D eigenvalue weighted by molar-refractivity contribution is 5.21. The molecule has 2 nitrogen and oxygen atoms in total. The zero-order chi connectivity index (χ0) is 12.4. The van der Waals surface area contributed by atoms with E-state index in [1.807, 2.05) is 0 Å². The Hall–Kier alpha value is -1.00. The van der Waals surface area contributed by atoms with Crippen LogP contribution in [-0.2, 0) is 4.74 Å². The highest BCUT2D eigenvalue weighted by Crippen LogP contribution is 2.26. The van der Waals surface area contributed by atoms with Crippen LogP contribution in [0.1, 0.15) is 25.5 Å². The molecular weight excluding hydrogens is 224 g/mol. The summed E-state index contributed by atoms with van der Waals surface area (Å²) in [5.41, 5.74) is 0.421. The Morgan fingerprint density at radius 3 is 2.71 bits per heavy atom. The maximum atomic E-state index is 13.6. The number of hydrogen-bond donors (Lipinski definition) is 1. The minimum absolute atomic E-state index is 0.0678. The van der Waals surface area contributed by atoms with Gasteiger partial charge in [-0.2, -0.15) is 0 Å². The molecule has 2 unspecified atom stereocenters. The van der Waals surface area contributed by atoms with Crippen molar-refractivity contribution in [3.05, 3.63) is 35.4 Å². The van der Waals surface area contributed by atoms with Crippen molar-refractivity contribution in [3.63, 3.8) is 0 Å². The van der Waals surface area contributed by atoms with E-state index in [4.69, 9.17) is 4.74 Å². The average molecular weight is 241 g/mol. The first-order valence-corrected chi connectivity index (χ1v) is 5.89. The molecule has 2 atom stereocenters. The van der Waals surface area contributed by atoms with Crippen molar-refractivity contribution in [3.8, 4) is 0 Å². The van der Waals surface area contributed by atoms with Gasteiger partial charge >= 0.3 is 0 Å². The van der Waals surface area contributed by atoms with E-state index in [2.05, 4.69) is 19.2 Å². The first-order chi connectivity index (χ1) is 8.08. The fourth-order valence-corrected chi connectivity index (χ4v) is 2.00. The Labute approximate surface area is 100.0 Å². The minimum atomic E-state index is -0.560. The van der Waals surface area contributed by atoms with Crippen LogP contribution in [0.3, 0.4) is 0 Å². The lowest BCUT2D eigenvalue weighted by molar-refractivity contribution is -0.0616. The highest BCUT2D eigenvalue weighted by atomic mass is 19.1. The quantitative estimate of drug-likeness (QED) is 0.859. The summed E-state index contributed by atoms with van der Waals surface area (Å²) in [7, 11) is 0. The number of rotatable bonds is 2. The van der Waals surface area contributed by atoms with Gasteiger partial charge in [0.2, 0.25) is 0 Å². The van der Waals surface area contributed by atoms with Gasteiger partial charge in [-0.3, -0.25) is 0 Å². The molecule has 1 fully saturated rings. The number of hydrogen-bond acceptors (Lipinski definition) is 2. The molecule has 94 valence electrons. The van der Waals surface area contributed by atoms with Crippen molar-refractivity contribution >= 4 is 0 Å². The smallest absolute Gasteiger partial charge is 0.131 e. The molecule has 0 bridgehead atoms. The van der Waals surface area contributed by atoms with Gasteiger partial charge < -0.3 is 10.1 Å². The normalized spacial score (nSPS) is 25.2. The van der Waals surface area contributed by atoms with Gasteiger partial charge in [0.1, 0.15) is 11.6 Å². The summed E-state index contributed by atoms with van der Waals surface area (Å²) >= 11 is 0. The summed E-state index contributed by atoms with van der Waals surface area (Å²) in [6.07, 6.45) is -0.269. The van der Waals surface area contributed by atoms with Crippen molar-refractivity contribution in [2.24, 2.45) is 5.92 Å². The first-order valence-electron chi connectivity index (χ1n) is 5.89. The van der Waals surface area contributed by atoms with E-state index in [0.29, 0.717) is 18.0 Å². The number of nitrogens with one attached hydrogen (secondary N) is 1. The molecular formula is C13H17F2NO. The Kier molecular flexibility index (Phi) is 3.74. The molecule has 17 heavy (non-hydrogen) atoms. The molecule has 0 saturated carbocycles. The molecule has 1 N–H and O–H groups in total. The summed E-state index contributed by atoms with van der Waals surface area (Å²) in [6, 6.07) is 3.62. The minimum Gasteiger partial charge on any atom is -0.367 e. The predicted octanol–water partition coefficient (Wildman–Crippen LogP) is 2.65. The van der Waals surface area contributed by atoms with Crippen LogP contribution < -0.4 is 5.32 Å². The SMILES string of the molecule is CC(C)C1CNCC(c2ccc(F)cc2F)O1. The Balaban J connectivity index is 2.16. The molecule has 1 heterocycles. The fraction of sp³-hybridized carbons (Fsp3) is 0.538. The number of halogens is 2. The van der Waals surface area contributed by atoms with Gasteiger partial charge in [-0.15, -0.1) is 0 Å². The molecule has 0 aliphatic carbocycles. The Bertz CT molecular complexity index is 395. The number of morpholine rings is 1. The molecule has 0 spiro atoms. The van der Waals surface area contributed by atoms with Crippen molar-refractivity contribution in [2.45, 2.75) is 26.1 Å². The summed E-state index contributed by atoms with van der Waals surface area (Å²) in [5.74, 6) is -0.731. The zero-order valence-electron chi connectivity index (χ0n) is 10.0. The topological polar surface area (TPSA) is 21.3 Å². The second-order valence-electron chi connectivity index (χ2n) is 4.73. The Morgan fingerprint density at radius 1 is 1.29 bits per heavy atom. The van der Waals surface area contributed by atoms with Crippen LogP contribution in [-0.4, -0.2) is 19.2 Å². The van der Waals surface area contributed by atoms with Gasteiger partial charge in [-0.1, -0.05) is 19.9 Å². The maximum absolute atomic E-state index is 13.6. The van der Waals surface area contributed by atoms with Crippen LogP contribution in [0.2, 0.25) is 0 Å². The average Bonchev–Trinajstić information content (AvgIpc) is 2.29. The van der Waals surface area contributed by atoms with Gasteiger partial charge in [-0.05, 0) is 12.0 Å². The van der Waals surface area contributed by atoms with Crippen LogP contribution in [0.15, 0.2) is 18.2 Å². The molecule has 2 rings (SSSR count). The standard InChI is InChI=1S/C13H17F2NO/c1-8(2)12-6-16-7-13(17-12)10-4-3-9(14)5-11(10)15/h3-5,8,12-13,16H,6-7H2,1-2H3. The monoisotopic (exact) mass is 241 g/mol. The van der Waals surface area contributed by atoms with Crippen LogP contribution in [0.25, 0.3) is 0 Å². The van der Waals surface area contributed by atoms with Gasteiger partial charge in [0.05, 0.1) is 12.2 Å². The van der Waals surface area contributed by atoms with Crippen LogP contribution in [0.4, 0.5) is 8.78 Å². The van der Waals surface area contributed by atoms with E-state index in [1.165, 1.54) is 12.1 Å². The lowest BCUT2D eigenvalue weighted by atomic mass is 10.0. The third kappa shape index (κ3) is 2.82. The summed E-state index contributed by atoms with van der Waals surface area (Å²) in [6.45, 7) is 5.47. The summed E-state index contributed by atoms with van der Waals surface area (Å²) in [5, 5.41) is 3.22. The van der Waals surface area contributed by atoms with Gasteiger partial charge in [0.15, 0.2) is 0 Å². The molecule has 1 aromatic carbocycles. The highest BCUT2D eigenvalue weighted by Gasteiger charge is 2.27. The molecule has 1 saturated heterocycles. The molecule has 1 aliphatic rings. The first kappa shape index (κ1) is 12.5. The van der Waals surface area contributed by atoms with E-state index < -0.39 is 11.6 Å². The van der Waals surface area contributed by atoms with E-state index in [9.17, 15) is 8.78 Å². The van der Waals surface area contributed by atoms with E-state index in [1.54, 1.807) is 0 Å². The van der Waals surface area contributed by atoms with Crippen LogP contribution in [0, 0.1) is 17.6 Å². The molecule has 1 aromatic rings. The van der Waals surface area contributed by atoms with E-state index in [-0.39, 0.29) is 12.2 Å². The number of ether oxygens (including phenoxy) is 1. The lowest BCUT2D eigenvalue weighted by Crippen LogP contribution is -2.43. The lowest BCUT2D eigenvalue weighted by Gasteiger charge is -2.33. The number of benzene rings is 1. The second-order valence-corrected chi connectivity index (χ2v) is 4.73. The van der Waals surface area contributed by atoms with Crippen molar-refractivity contribution in [1.82, 2.24) is 5.32 Å². The van der Waals surface area contributed by atoms with Gasteiger partial charge in [0, 0.05) is 24.7 Å². The molecule has 1 aliphatic heterocycles. The van der Waals surface area contributed by atoms with Crippen molar-refractivity contribution in [2.75, 3.05) is 13.1 Å². The largest absolute Gasteiger partial charge is 0.367 e. The third-order valence-corrected chi connectivity index (χ3v) is 3.07. The van der Waals surface area contributed by atoms with E-state index >= 15 is 0 Å². The Morgan fingerprint density at radius 2 is 2.06 bits per heavy atom. The third-order valence-electron chi connectivity index (χ3n) is 3.07. The molecule has 0 aromatic heterocycles. The second kappa shape index (κ2) is 5.10. The van der Waals surface area contributed by atoms with Crippen molar-refractivity contribution < 1.29 is 13.5 Å². The van der Waals surface area contributed by atoms with Gasteiger partial charge in [0.25, 0.3) is 0 Å². The predicted molar refractivity (Wildman–Crippen MR) is 61.7 cm³/mol. The molecule has 0 radical (unpaired) electrons. The van der Waals surface area contributed by atoms with Crippen LogP contribution >= 0.6 is 0 Å². The van der Waals surface area contributed by atoms with E-state index in [0.717, 1.165) is 12.6 Å². The van der Waals surface area contributed by atoms with Gasteiger partial charge in [-0.25, -0.2) is 8.78 Å². The summed E-state index contributed by atoms with van der Waals surface area (Å²) < 4.78 is 32.3. The maximum Gasteiger partial charge on any atom is 0.131 e. The molecule has 0 amide bonds. The fourth-order valence-electron chi connectivity index (χ4n) is 2.00. The molecule has 4 heteroatoms. The van der Waals surface area contributed by atoms with Crippen molar-refractivity contribution in [1.29, 1.82) is 0 Å².